The minimum atomic E-state index is 0.984. The fourth-order valence-electron chi connectivity index (χ4n) is 3.00. The molecule has 0 fully saturated rings. The number of hydrogen-bond acceptors (Lipinski definition) is 1. The standard InChI is InChI=1S/C22H18N2/c1-24-21(16-23-22(24)20-10-6-3-7-11-20)19-14-12-18(13-15-19)17-8-4-2-5-9-17/h2-16H,1H3. The van der Waals surface area contributed by atoms with Gasteiger partial charge in [-0.15, -0.1) is 0 Å². The molecule has 0 amide bonds. The molecule has 0 N–H and O–H groups in total. The first kappa shape index (κ1) is 14.5. The summed E-state index contributed by atoms with van der Waals surface area (Å²) in [6.45, 7) is 0. The van der Waals surface area contributed by atoms with Gasteiger partial charge in [-0.25, -0.2) is 4.98 Å². The fraction of sp³-hybridized carbons (Fsp3) is 0.0455. The third-order valence-electron chi connectivity index (χ3n) is 4.31. The molecule has 1 heterocycles. The Balaban J connectivity index is 1.69. The SMILES string of the molecule is Cn1c(-c2ccc(-c3ccccc3)cc2)cnc1-c1ccccc1. The van der Waals surface area contributed by atoms with Crippen molar-refractivity contribution in [2.45, 2.75) is 0 Å². The predicted molar refractivity (Wildman–Crippen MR) is 99.5 cm³/mol. The first-order chi connectivity index (χ1) is 11.8. The summed E-state index contributed by atoms with van der Waals surface area (Å²) in [5, 5.41) is 0. The Hall–Kier alpha value is -3.13. The third-order valence-corrected chi connectivity index (χ3v) is 4.31. The quantitative estimate of drug-likeness (QED) is 0.494. The van der Waals surface area contributed by atoms with Gasteiger partial charge in [0.25, 0.3) is 0 Å². The van der Waals surface area contributed by atoms with Gasteiger partial charge in [-0.2, -0.15) is 0 Å². The van der Waals surface area contributed by atoms with E-state index in [0.29, 0.717) is 0 Å². The summed E-state index contributed by atoms with van der Waals surface area (Å²) in [5.41, 5.74) is 5.89. The Labute approximate surface area is 142 Å². The Bertz CT molecular complexity index is 936. The van der Waals surface area contributed by atoms with Crippen LogP contribution in [0.5, 0.6) is 0 Å². The molecular weight excluding hydrogens is 292 g/mol. The Morgan fingerprint density at radius 3 is 1.71 bits per heavy atom. The van der Waals surface area contributed by atoms with E-state index in [1.807, 2.05) is 30.5 Å². The Kier molecular flexibility index (Phi) is 3.72. The lowest BCUT2D eigenvalue weighted by Crippen LogP contribution is -1.95. The van der Waals surface area contributed by atoms with Crippen molar-refractivity contribution in [1.29, 1.82) is 0 Å². The first-order valence-corrected chi connectivity index (χ1v) is 8.06. The molecule has 2 nitrogen and oxygen atoms in total. The molecule has 0 aliphatic carbocycles. The van der Waals surface area contributed by atoms with Gasteiger partial charge in [0, 0.05) is 12.6 Å². The van der Waals surface area contributed by atoms with Crippen molar-refractivity contribution in [3.63, 3.8) is 0 Å². The van der Waals surface area contributed by atoms with Crippen molar-refractivity contribution >= 4 is 0 Å². The van der Waals surface area contributed by atoms with Crippen LogP contribution in [0.4, 0.5) is 0 Å². The van der Waals surface area contributed by atoms with Crippen molar-refractivity contribution in [3.05, 3.63) is 91.1 Å². The van der Waals surface area contributed by atoms with Crippen molar-refractivity contribution in [1.82, 2.24) is 9.55 Å². The van der Waals surface area contributed by atoms with Gasteiger partial charge < -0.3 is 4.57 Å². The van der Waals surface area contributed by atoms with Crippen molar-refractivity contribution in [2.75, 3.05) is 0 Å². The highest BCUT2D eigenvalue weighted by Crippen LogP contribution is 2.27. The van der Waals surface area contributed by atoms with Crippen LogP contribution in [0.1, 0.15) is 0 Å². The topological polar surface area (TPSA) is 17.8 Å². The molecule has 0 saturated heterocycles. The van der Waals surface area contributed by atoms with E-state index in [0.717, 1.165) is 17.1 Å². The number of aromatic nitrogens is 2. The maximum absolute atomic E-state index is 4.61. The van der Waals surface area contributed by atoms with E-state index in [-0.39, 0.29) is 0 Å². The monoisotopic (exact) mass is 310 g/mol. The molecule has 2 heteroatoms. The van der Waals surface area contributed by atoms with Crippen molar-refractivity contribution in [2.24, 2.45) is 7.05 Å². The highest BCUT2D eigenvalue weighted by Gasteiger charge is 2.10. The van der Waals surface area contributed by atoms with Gasteiger partial charge in [-0.1, -0.05) is 84.9 Å². The summed E-state index contributed by atoms with van der Waals surface area (Å²) in [6.07, 6.45) is 1.94. The van der Waals surface area contributed by atoms with Crippen LogP contribution in [0.15, 0.2) is 91.1 Å². The molecule has 1 aromatic heterocycles. The van der Waals surface area contributed by atoms with Crippen molar-refractivity contribution in [3.8, 4) is 33.8 Å². The van der Waals surface area contributed by atoms with Crippen LogP contribution in [0.3, 0.4) is 0 Å². The molecule has 0 spiro atoms. The molecule has 4 aromatic rings. The van der Waals surface area contributed by atoms with Gasteiger partial charge in [-0.3, -0.25) is 0 Å². The summed E-state index contributed by atoms with van der Waals surface area (Å²) in [6, 6.07) is 29.4. The van der Waals surface area contributed by atoms with Crippen LogP contribution in [0, 0.1) is 0 Å². The zero-order chi connectivity index (χ0) is 16.4. The molecule has 0 bridgehead atoms. The molecule has 116 valence electrons. The Morgan fingerprint density at radius 1 is 0.583 bits per heavy atom. The van der Waals surface area contributed by atoms with E-state index in [2.05, 4.69) is 77.3 Å². The number of hydrogen-bond donors (Lipinski definition) is 0. The molecule has 3 aromatic carbocycles. The lowest BCUT2D eigenvalue weighted by Gasteiger charge is -2.07. The Morgan fingerprint density at radius 2 is 1.08 bits per heavy atom. The molecular formula is C22H18N2. The molecule has 0 aliphatic rings. The molecule has 0 atom stereocenters. The van der Waals surface area contributed by atoms with Crippen LogP contribution in [0.25, 0.3) is 33.8 Å². The molecule has 0 saturated carbocycles. The number of nitrogens with zero attached hydrogens (tertiary/aromatic N) is 2. The predicted octanol–water partition coefficient (Wildman–Crippen LogP) is 5.42. The van der Waals surface area contributed by atoms with Gasteiger partial charge in [0.05, 0.1) is 11.9 Å². The van der Waals surface area contributed by atoms with Gasteiger partial charge in [0.2, 0.25) is 0 Å². The van der Waals surface area contributed by atoms with Crippen LogP contribution in [0.2, 0.25) is 0 Å². The zero-order valence-corrected chi connectivity index (χ0v) is 13.6. The van der Waals surface area contributed by atoms with Gasteiger partial charge in [-0.05, 0) is 16.7 Å². The lowest BCUT2D eigenvalue weighted by molar-refractivity contribution is 0.933. The average Bonchev–Trinajstić information content (AvgIpc) is 3.05. The number of benzene rings is 3. The number of imidazole rings is 1. The molecule has 0 unspecified atom stereocenters. The maximum Gasteiger partial charge on any atom is 0.140 e. The molecule has 4 rings (SSSR count). The second-order valence-corrected chi connectivity index (χ2v) is 5.84. The largest absolute Gasteiger partial charge is 0.327 e. The third kappa shape index (κ3) is 2.63. The summed E-state index contributed by atoms with van der Waals surface area (Å²) in [5.74, 6) is 0.984. The van der Waals surface area contributed by atoms with Crippen LogP contribution in [-0.2, 0) is 7.05 Å². The van der Waals surface area contributed by atoms with E-state index < -0.39 is 0 Å². The molecule has 0 aliphatic heterocycles. The minimum absolute atomic E-state index is 0.984. The second kappa shape index (κ2) is 6.17. The normalized spacial score (nSPS) is 10.7. The fourth-order valence-corrected chi connectivity index (χ4v) is 3.00. The maximum atomic E-state index is 4.61. The smallest absolute Gasteiger partial charge is 0.140 e. The molecule has 0 radical (unpaired) electrons. The highest BCUT2D eigenvalue weighted by atomic mass is 15.1. The first-order valence-electron chi connectivity index (χ1n) is 8.06. The van der Waals surface area contributed by atoms with E-state index in [1.54, 1.807) is 0 Å². The highest BCUT2D eigenvalue weighted by molar-refractivity contribution is 5.70. The van der Waals surface area contributed by atoms with E-state index in [1.165, 1.54) is 16.7 Å². The van der Waals surface area contributed by atoms with Gasteiger partial charge in [0.1, 0.15) is 5.82 Å². The van der Waals surface area contributed by atoms with E-state index >= 15 is 0 Å². The summed E-state index contributed by atoms with van der Waals surface area (Å²) >= 11 is 0. The van der Waals surface area contributed by atoms with Crippen LogP contribution >= 0.6 is 0 Å². The van der Waals surface area contributed by atoms with Gasteiger partial charge in [0.15, 0.2) is 0 Å². The van der Waals surface area contributed by atoms with E-state index in [4.69, 9.17) is 0 Å². The second-order valence-electron chi connectivity index (χ2n) is 5.84. The minimum Gasteiger partial charge on any atom is -0.327 e. The zero-order valence-electron chi connectivity index (χ0n) is 13.6. The van der Waals surface area contributed by atoms with Gasteiger partial charge >= 0.3 is 0 Å². The van der Waals surface area contributed by atoms with Crippen LogP contribution in [-0.4, -0.2) is 9.55 Å². The summed E-state index contributed by atoms with van der Waals surface area (Å²) in [4.78, 5) is 4.61. The molecule has 24 heavy (non-hydrogen) atoms. The lowest BCUT2D eigenvalue weighted by atomic mass is 10.0. The van der Waals surface area contributed by atoms with Crippen molar-refractivity contribution < 1.29 is 0 Å². The summed E-state index contributed by atoms with van der Waals surface area (Å²) in [7, 11) is 2.07. The number of rotatable bonds is 3. The van der Waals surface area contributed by atoms with E-state index in [9.17, 15) is 0 Å². The summed E-state index contributed by atoms with van der Waals surface area (Å²) < 4.78 is 2.15. The average molecular weight is 310 g/mol. The van der Waals surface area contributed by atoms with Crippen LogP contribution < -0.4 is 0 Å².